The molecule has 0 saturated heterocycles. The SMILES string of the molecule is Nc1cc(Cl)c2cnccc2c1. The number of hydrogen-bond acceptors (Lipinski definition) is 2. The maximum Gasteiger partial charge on any atom is 0.0520 e. The van der Waals surface area contributed by atoms with Gasteiger partial charge in [0, 0.05) is 23.5 Å². The number of aromatic nitrogens is 1. The van der Waals surface area contributed by atoms with Crippen molar-refractivity contribution in [2.24, 2.45) is 0 Å². The van der Waals surface area contributed by atoms with Gasteiger partial charge in [0.05, 0.1) is 5.02 Å². The van der Waals surface area contributed by atoms with E-state index in [-0.39, 0.29) is 0 Å². The van der Waals surface area contributed by atoms with Crippen molar-refractivity contribution in [3.8, 4) is 0 Å². The number of nitrogens with two attached hydrogens (primary N) is 1. The summed E-state index contributed by atoms with van der Waals surface area (Å²) in [6.07, 6.45) is 3.45. The molecule has 0 aliphatic rings. The predicted octanol–water partition coefficient (Wildman–Crippen LogP) is 2.47. The molecule has 0 radical (unpaired) electrons. The molecule has 3 heteroatoms. The first kappa shape index (κ1) is 7.37. The number of hydrogen-bond donors (Lipinski definition) is 1. The Morgan fingerprint density at radius 1 is 1.33 bits per heavy atom. The minimum absolute atomic E-state index is 0.651. The lowest BCUT2D eigenvalue weighted by Gasteiger charge is -2.00. The van der Waals surface area contributed by atoms with Crippen molar-refractivity contribution in [2.45, 2.75) is 0 Å². The maximum atomic E-state index is 5.94. The molecule has 2 aromatic rings. The summed E-state index contributed by atoms with van der Waals surface area (Å²) in [6.45, 7) is 0. The van der Waals surface area contributed by atoms with E-state index in [1.807, 2.05) is 12.1 Å². The molecule has 2 rings (SSSR count). The molecule has 2 nitrogen and oxygen atoms in total. The van der Waals surface area contributed by atoms with E-state index < -0.39 is 0 Å². The largest absolute Gasteiger partial charge is 0.399 e. The molecular formula is C9H7ClN2. The Morgan fingerprint density at radius 3 is 3.00 bits per heavy atom. The van der Waals surface area contributed by atoms with Gasteiger partial charge in [0.15, 0.2) is 0 Å². The topological polar surface area (TPSA) is 38.9 Å². The van der Waals surface area contributed by atoms with E-state index in [0.717, 1.165) is 10.8 Å². The molecule has 0 aliphatic carbocycles. The molecule has 0 unspecified atom stereocenters. The van der Waals surface area contributed by atoms with E-state index in [2.05, 4.69) is 4.98 Å². The zero-order valence-electron chi connectivity index (χ0n) is 6.29. The molecule has 1 aromatic heterocycles. The summed E-state index contributed by atoms with van der Waals surface area (Å²) in [5.74, 6) is 0. The van der Waals surface area contributed by atoms with Crippen LogP contribution >= 0.6 is 11.6 Å². The highest BCUT2D eigenvalue weighted by Crippen LogP contribution is 2.25. The number of nitrogens with zero attached hydrogens (tertiary/aromatic N) is 1. The van der Waals surface area contributed by atoms with Crippen LogP contribution in [0.5, 0.6) is 0 Å². The van der Waals surface area contributed by atoms with Crippen molar-refractivity contribution >= 4 is 28.1 Å². The van der Waals surface area contributed by atoms with Crippen LogP contribution < -0.4 is 5.73 Å². The van der Waals surface area contributed by atoms with Gasteiger partial charge in [-0.1, -0.05) is 11.6 Å². The fourth-order valence-electron chi connectivity index (χ4n) is 1.18. The first-order valence-electron chi connectivity index (χ1n) is 3.56. The Hall–Kier alpha value is -1.28. The van der Waals surface area contributed by atoms with Crippen LogP contribution in [0, 0.1) is 0 Å². The van der Waals surface area contributed by atoms with Crippen LogP contribution in [0.1, 0.15) is 0 Å². The van der Waals surface area contributed by atoms with E-state index in [1.54, 1.807) is 18.5 Å². The van der Waals surface area contributed by atoms with Gasteiger partial charge in [0.2, 0.25) is 0 Å². The summed E-state index contributed by atoms with van der Waals surface area (Å²) >= 11 is 5.94. The molecule has 0 atom stereocenters. The van der Waals surface area contributed by atoms with Gasteiger partial charge in [0.25, 0.3) is 0 Å². The molecule has 12 heavy (non-hydrogen) atoms. The van der Waals surface area contributed by atoms with Crippen LogP contribution in [-0.2, 0) is 0 Å². The normalized spacial score (nSPS) is 10.4. The van der Waals surface area contributed by atoms with Crippen LogP contribution in [0.2, 0.25) is 5.02 Å². The minimum Gasteiger partial charge on any atom is -0.399 e. The number of rotatable bonds is 0. The van der Waals surface area contributed by atoms with Crippen LogP contribution in [-0.4, -0.2) is 4.98 Å². The monoisotopic (exact) mass is 178 g/mol. The second-order valence-corrected chi connectivity index (χ2v) is 3.01. The number of nitrogen functional groups attached to an aromatic ring is 1. The summed E-state index contributed by atoms with van der Waals surface area (Å²) in [6, 6.07) is 5.49. The summed E-state index contributed by atoms with van der Waals surface area (Å²) < 4.78 is 0. The molecule has 0 amide bonds. The highest BCUT2D eigenvalue weighted by atomic mass is 35.5. The van der Waals surface area contributed by atoms with Gasteiger partial charge in [-0.05, 0) is 23.6 Å². The van der Waals surface area contributed by atoms with Crippen molar-refractivity contribution in [2.75, 3.05) is 5.73 Å². The molecule has 0 fully saturated rings. The number of fused-ring (bicyclic) bond motifs is 1. The molecule has 60 valence electrons. The molecule has 2 N–H and O–H groups in total. The average molecular weight is 179 g/mol. The smallest absolute Gasteiger partial charge is 0.0520 e. The summed E-state index contributed by atoms with van der Waals surface area (Å²) in [5, 5.41) is 2.61. The number of anilines is 1. The molecular weight excluding hydrogens is 172 g/mol. The second kappa shape index (κ2) is 2.64. The Kier molecular flexibility index (Phi) is 1.62. The van der Waals surface area contributed by atoms with Gasteiger partial charge in [-0.15, -0.1) is 0 Å². The zero-order chi connectivity index (χ0) is 8.55. The van der Waals surface area contributed by atoms with Crippen LogP contribution in [0.3, 0.4) is 0 Å². The molecule has 0 spiro atoms. The van der Waals surface area contributed by atoms with Gasteiger partial charge in [-0.25, -0.2) is 0 Å². The van der Waals surface area contributed by atoms with E-state index in [1.165, 1.54) is 0 Å². The molecule has 0 bridgehead atoms. The number of pyridine rings is 1. The van der Waals surface area contributed by atoms with E-state index in [4.69, 9.17) is 17.3 Å². The lowest BCUT2D eigenvalue weighted by molar-refractivity contribution is 1.36. The predicted molar refractivity (Wildman–Crippen MR) is 51.2 cm³/mol. The average Bonchev–Trinajstić information content (AvgIpc) is 2.04. The van der Waals surface area contributed by atoms with E-state index >= 15 is 0 Å². The maximum absolute atomic E-state index is 5.94. The van der Waals surface area contributed by atoms with Crippen molar-refractivity contribution in [1.82, 2.24) is 4.98 Å². The fraction of sp³-hybridized carbons (Fsp3) is 0. The summed E-state index contributed by atoms with van der Waals surface area (Å²) in [7, 11) is 0. The molecule has 0 aliphatic heterocycles. The third-order valence-corrected chi connectivity index (χ3v) is 2.04. The van der Waals surface area contributed by atoms with Crippen LogP contribution in [0.25, 0.3) is 10.8 Å². The highest BCUT2D eigenvalue weighted by Gasteiger charge is 1.98. The van der Waals surface area contributed by atoms with E-state index in [0.29, 0.717) is 10.7 Å². The second-order valence-electron chi connectivity index (χ2n) is 2.60. The van der Waals surface area contributed by atoms with Gasteiger partial charge in [-0.2, -0.15) is 0 Å². The summed E-state index contributed by atoms with van der Waals surface area (Å²) in [4.78, 5) is 3.98. The minimum atomic E-state index is 0.651. The zero-order valence-corrected chi connectivity index (χ0v) is 7.05. The van der Waals surface area contributed by atoms with Gasteiger partial charge in [0.1, 0.15) is 0 Å². The van der Waals surface area contributed by atoms with Crippen molar-refractivity contribution in [1.29, 1.82) is 0 Å². The molecule has 0 saturated carbocycles. The summed E-state index contributed by atoms with van der Waals surface area (Å²) in [5.41, 5.74) is 6.30. The lowest BCUT2D eigenvalue weighted by atomic mass is 10.1. The fourth-order valence-corrected chi connectivity index (χ4v) is 1.46. The Morgan fingerprint density at radius 2 is 2.17 bits per heavy atom. The first-order chi connectivity index (χ1) is 5.77. The van der Waals surface area contributed by atoms with Crippen molar-refractivity contribution in [3.05, 3.63) is 35.6 Å². The first-order valence-corrected chi connectivity index (χ1v) is 3.94. The number of halogens is 1. The van der Waals surface area contributed by atoms with Crippen molar-refractivity contribution < 1.29 is 0 Å². The third kappa shape index (κ3) is 1.10. The molecule has 1 heterocycles. The molecule has 1 aromatic carbocycles. The Labute approximate surface area is 75.0 Å². The van der Waals surface area contributed by atoms with Crippen LogP contribution in [0.4, 0.5) is 5.69 Å². The van der Waals surface area contributed by atoms with Crippen LogP contribution in [0.15, 0.2) is 30.6 Å². The number of benzene rings is 1. The van der Waals surface area contributed by atoms with Gasteiger partial charge in [-0.3, -0.25) is 4.98 Å². The van der Waals surface area contributed by atoms with Gasteiger partial charge >= 0.3 is 0 Å². The van der Waals surface area contributed by atoms with E-state index in [9.17, 15) is 0 Å². The third-order valence-electron chi connectivity index (χ3n) is 1.73. The van der Waals surface area contributed by atoms with Crippen molar-refractivity contribution in [3.63, 3.8) is 0 Å². The highest BCUT2D eigenvalue weighted by molar-refractivity contribution is 6.35. The standard InChI is InChI=1S/C9H7ClN2/c10-9-4-7(11)3-6-1-2-12-5-8(6)9/h1-5H,11H2. The lowest BCUT2D eigenvalue weighted by Crippen LogP contribution is -1.85. The van der Waals surface area contributed by atoms with Gasteiger partial charge < -0.3 is 5.73 Å². The quantitative estimate of drug-likeness (QED) is 0.630. The Balaban J connectivity index is 2.89. The Bertz CT molecular complexity index is 426.